The molecule has 0 amide bonds. The Labute approximate surface area is 125 Å². The smallest absolute Gasteiger partial charge is 0.182 e. The Morgan fingerprint density at radius 2 is 2.05 bits per heavy atom. The van der Waals surface area contributed by atoms with Crippen molar-refractivity contribution in [1.82, 2.24) is 20.2 Å². The first kappa shape index (κ1) is 13.5. The SMILES string of the molecule is Nc1cc(-c2nnnn2Cc2cccc(Cl)c2)ccc1F. The number of anilines is 1. The van der Waals surface area contributed by atoms with Gasteiger partial charge in [0.25, 0.3) is 0 Å². The van der Waals surface area contributed by atoms with Crippen LogP contribution in [-0.4, -0.2) is 20.2 Å². The van der Waals surface area contributed by atoms with Gasteiger partial charge in [-0.1, -0.05) is 23.7 Å². The van der Waals surface area contributed by atoms with Gasteiger partial charge in [-0.25, -0.2) is 9.07 Å². The second kappa shape index (κ2) is 5.49. The maximum absolute atomic E-state index is 13.2. The summed E-state index contributed by atoms with van der Waals surface area (Å²) in [5.41, 5.74) is 7.26. The number of benzene rings is 2. The van der Waals surface area contributed by atoms with Crippen LogP contribution < -0.4 is 5.73 Å². The minimum absolute atomic E-state index is 0.0600. The summed E-state index contributed by atoms with van der Waals surface area (Å²) in [5.74, 6) is 0.0503. The van der Waals surface area contributed by atoms with Crippen LogP contribution in [0, 0.1) is 5.82 Å². The quantitative estimate of drug-likeness (QED) is 0.755. The highest BCUT2D eigenvalue weighted by Crippen LogP contribution is 2.22. The van der Waals surface area contributed by atoms with Crippen molar-refractivity contribution in [3.8, 4) is 11.4 Å². The lowest BCUT2D eigenvalue weighted by Crippen LogP contribution is -2.05. The molecule has 0 atom stereocenters. The number of nitrogens with two attached hydrogens (primary N) is 1. The fourth-order valence-corrected chi connectivity index (χ4v) is 2.22. The molecule has 0 aliphatic rings. The third kappa shape index (κ3) is 2.85. The first-order valence-electron chi connectivity index (χ1n) is 6.19. The normalized spacial score (nSPS) is 10.8. The van der Waals surface area contributed by atoms with Crippen molar-refractivity contribution >= 4 is 17.3 Å². The second-order valence-electron chi connectivity index (χ2n) is 4.53. The van der Waals surface area contributed by atoms with Crippen molar-refractivity contribution in [3.63, 3.8) is 0 Å². The Balaban J connectivity index is 1.95. The Morgan fingerprint density at radius 3 is 2.81 bits per heavy atom. The van der Waals surface area contributed by atoms with E-state index in [-0.39, 0.29) is 5.69 Å². The summed E-state index contributed by atoms with van der Waals surface area (Å²) in [7, 11) is 0. The Morgan fingerprint density at radius 1 is 1.19 bits per heavy atom. The molecule has 0 spiro atoms. The number of nitrogens with zero attached hydrogens (tertiary/aromatic N) is 4. The summed E-state index contributed by atoms with van der Waals surface area (Å²) in [6.07, 6.45) is 0. The third-order valence-corrected chi connectivity index (χ3v) is 3.24. The highest BCUT2D eigenvalue weighted by atomic mass is 35.5. The molecule has 0 fully saturated rings. The fraction of sp³-hybridized carbons (Fsp3) is 0.0714. The lowest BCUT2D eigenvalue weighted by Gasteiger charge is -2.06. The van der Waals surface area contributed by atoms with E-state index in [2.05, 4.69) is 15.5 Å². The molecule has 2 aromatic carbocycles. The van der Waals surface area contributed by atoms with Gasteiger partial charge in [0.1, 0.15) is 5.82 Å². The van der Waals surface area contributed by atoms with E-state index >= 15 is 0 Å². The van der Waals surface area contributed by atoms with E-state index in [1.54, 1.807) is 16.8 Å². The van der Waals surface area contributed by atoms with Crippen molar-refractivity contribution in [1.29, 1.82) is 0 Å². The molecular weight excluding hydrogens is 293 g/mol. The molecule has 0 aliphatic heterocycles. The number of halogens is 2. The monoisotopic (exact) mass is 303 g/mol. The first-order valence-corrected chi connectivity index (χ1v) is 6.57. The van der Waals surface area contributed by atoms with Crippen molar-refractivity contribution in [2.24, 2.45) is 0 Å². The van der Waals surface area contributed by atoms with Crippen molar-refractivity contribution in [3.05, 3.63) is 58.9 Å². The predicted molar refractivity (Wildman–Crippen MR) is 78.2 cm³/mol. The lowest BCUT2D eigenvalue weighted by molar-refractivity contribution is 0.632. The Hall–Kier alpha value is -2.47. The maximum Gasteiger partial charge on any atom is 0.182 e. The molecule has 5 nitrogen and oxygen atoms in total. The summed E-state index contributed by atoms with van der Waals surface area (Å²) in [6, 6.07) is 11.8. The molecule has 0 bridgehead atoms. The standard InChI is InChI=1S/C14H11ClFN5/c15-11-3-1-2-9(6-11)8-21-14(18-19-20-21)10-4-5-12(16)13(17)7-10/h1-7H,8,17H2. The van der Waals surface area contributed by atoms with Gasteiger partial charge in [-0.05, 0) is 46.3 Å². The zero-order valence-corrected chi connectivity index (χ0v) is 11.6. The number of nitrogen functional groups attached to an aromatic ring is 1. The number of hydrogen-bond acceptors (Lipinski definition) is 4. The molecule has 1 heterocycles. The topological polar surface area (TPSA) is 69.6 Å². The molecule has 0 saturated carbocycles. The summed E-state index contributed by atoms with van der Waals surface area (Å²) >= 11 is 5.96. The number of tetrazole rings is 1. The average Bonchev–Trinajstić information content (AvgIpc) is 2.90. The van der Waals surface area contributed by atoms with Crippen LogP contribution in [0.1, 0.15) is 5.56 Å². The molecular formula is C14H11ClFN5. The molecule has 7 heteroatoms. The van der Waals surface area contributed by atoms with Gasteiger partial charge in [0.15, 0.2) is 5.82 Å². The van der Waals surface area contributed by atoms with Crippen molar-refractivity contribution < 1.29 is 4.39 Å². The maximum atomic E-state index is 13.2. The zero-order valence-electron chi connectivity index (χ0n) is 10.9. The molecule has 0 unspecified atom stereocenters. The van der Waals surface area contributed by atoms with E-state index < -0.39 is 5.82 Å². The van der Waals surface area contributed by atoms with Crippen LogP contribution in [-0.2, 0) is 6.54 Å². The van der Waals surface area contributed by atoms with Gasteiger partial charge in [-0.15, -0.1) is 5.10 Å². The number of rotatable bonds is 3. The van der Waals surface area contributed by atoms with E-state index in [9.17, 15) is 4.39 Å². The van der Waals surface area contributed by atoms with Crippen LogP contribution in [0.15, 0.2) is 42.5 Å². The lowest BCUT2D eigenvalue weighted by atomic mass is 10.1. The molecule has 3 aromatic rings. The van der Waals surface area contributed by atoms with Gasteiger partial charge in [0.05, 0.1) is 12.2 Å². The first-order chi connectivity index (χ1) is 10.1. The predicted octanol–water partition coefficient (Wildman–Crippen LogP) is 2.76. The fourth-order valence-electron chi connectivity index (χ4n) is 2.01. The molecule has 3 rings (SSSR count). The summed E-state index contributed by atoms with van der Waals surface area (Å²) in [4.78, 5) is 0. The van der Waals surface area contributed by atoms with Gasteiger partial charge in [0.2, 0.25) is 0 Å². The van der Waals surface area contributed by atoms with Crippen LogP contribution in [0.5, 0.6) is 0 Å². The zero-order chi connectivity index (χ0) is 14.8. The van der Waals surface area contributed by atoms with E-state index in [4.69, 9.17) is 17.3 Å². The molecule has 0 aliphatic carbocycles. The van der Waals surface area contributed by atoms with Gasteiger partial charge in [-0.3, -0.25) is 0 Å². The third-order valence-electron chi connectivity index (χ3n) is 3.01. The minimum Gasteiger partial charge on any atom is -0.396 e. The van der Waals surface area contributed by atoms with Crippen LogP contribution in [0.3, 0.4) is 0 Å². The highest BCUT2D eigenvalue weighted by Gasteiger charge is 2.11. The summed E-state index contributed by atoms with van der Waals surface area (Å²) in [5, 5.41) is 12.2. The summed E-state index contributed by atoms with van der Waals surface area (Å²) in [6.45, 7) is 0.459. The molecule has 0 saturated heterocycles. The second-order valence-corrected chi connectivity index (χ2v) is 4.96. The van der Waals surface area contributed by atoms with Crippen LogP contribution in [0.2, 0.25) is 5.02 Å². The summed E-state index contributed by atoms with van der Waals surface area (Å²) < 4.78 is 14.8. The molecule has 106 valence electrons. The largest absolute Gasteiger partial charge is 0.396 e. The molecule has 0 radical (unpaired) electrons. The highest BCUT2D eigenvalue weighted by molar-refractivity contribution is 6.30. The van der Waals surface area contributed by atoms with Gasteiger partial charge < -0.3 is 5.73 Å². The van der Waals surface area contributed by atoms with E-state index in [1.807, 2.05) is 18.2 Å². The average molecular weight is 304 g/mol. The Kier molecular flexibility index (Phi) is 3.53. The van der Waals surface area contributed by atoms with Gasteiger partial charge in [0, 0.05) is 10.6 Å². The van der Waals surface area contributed by atoms with E-state index in [0.717, 1.165) is 5.56 Å². The molecule has 21 heavy (non-hydrogen) atoms. The van der Waals surface area contributed by atoms with Crippen LogP contribution in [0.4, 0.5) is 10.1 Å². The minimum atomic E-state index is -0.465. The molecule has 1 aromatic heterocycles. The van der Waals surface area contributed by atoms with Crippen LogP contribution >= 0.6 is 11.6 Å². The van der Waals surface area contributed by atoms with Gasteiger partial charge in [-0.2, -0.15) is 0 Å². The van der Waals surface area contributed by atoms with E-state index in [1.165, 1.54) is 12.1 Å². The molecule has 2 N–H and O–H groups in total. The number of aromatic nitrogens is 4. The van der Waals surface area contributed by atoms with Crippen LogP contribution in [0.25, 0.3) is 11.4 Å². The Bertz CT molecular complexity index is 787. The van der Waals surface area contributed by atoms with E-state index in [0.29, 0.717) is 23.0 Å². The van der Waals surface area contributed by atoms with Crippen molar-refractivity contribution in [2.45, 2.75) is 6.54 Å². The number of hydrogen-bond donors (Lipinski definition) is 1. The van der Waals surface area contributed by atoms with Crippen molar-refractivity contribution in [2.75, 3.05) is 5.73 Å². The van der Waals surface area contributed by atoms with Gasteiger partial charge >= 0.3 is 0 Å².